The zero-order valence-electron chi connectivity index (χ0n) is 11.7. The van der Waals surface area contributed by atoms with Crippen molar-refractivity contribution in [2.24, 2.45) is 5.92 Å². The van der Waals surface area contributed by atoms with Gasteiger partial charge in [0.2, 0.25) is 0 Å². The Kier molecular flexibility index (Phi) is 5.82. The van der Waals surface area contributed by atoms with Gasteiger partial charge in [0.1, 0.15) is 0 Å². The molecule has 1 unspecified atom stereocenters. The lowest BCUT2D eigenvalue weighted by molar-refractivity contribution is -0.145. The Labute approximate surface area is 114 Å². The van der Waals surface area contributed by atoms with Gasteiger partial charge in [-0.05, 0) is 17.9 Å². The van der Waals surface area contributed by atoms with Gasteiger partial charge in [-0.2, -0.15) is 0 Å². The average molecular weight is 269 g/mol. The van der Waals surface area contributed by atoms with Crippen molar-refractivity contribution in [2.45, 2.75) is 32.6 Å². The molecule has 1 heterocycles. The first-order chi connectivity index (χ1) is 8.51. The first-order valence-electron chi connectivity index (χ1n) is 6.33. The van der Waals surface area contributed by atoms with Crippen molar-refractivity contribution >= 4 is 17.3 Å². The van der Waals surface area contributed by atoms with E-state index in [-0.39, 0.29) is 17.3 Å². The molecule has 0 spiro atoms. The first-order valence-corrected chi connectivity index (χ1v) is 7.21. The summed E-state index contributed by atoms with van der Waals surface area (Å²) in [6.45, 7) is 7.97. The van der Waals surface area contributed by atoms with Gasteiger partial charge in [0.05, 0.1) is 13.0 Å². The predicted molar refractivity (Wildman–Crippen MR) is 76.0 cm³/mol. The fourth-order valence-corrected chi connectivity index (χ4v) is 2.72. The number of esters is 1. The Morgan fingerprint density at radius 2 is 2.28 bits per heavy atom. The molecule has 0 aliphatic heterocycles. The molecule has 18 heavy (non-hydrogen) atoms. The van der Waals surface area contributed by atoms with E-state index in [1.54, 1.807) is 11.3 Å². The molecule has 0 aliphatic rings. The van der Waals surface area contributed by atoms with Crippen LogP contribution in [0, 0.1) is 5.92 Å². The van der Waals surface area contributed by atoms with E-state index in [2.05, 4.69) is 36.7 Å². The third-order valence-electron chi connectivity index (χ3n) is 3.17. The molecule has 1 aromatic rings. The van der Waals surface area contributed by atoms with Crippen molar-refractivity contribution in [1.82, 2.24) is 5.32 Å². The topological polar surface area (TPSA) is 38.3 Å². The van der Waals surface area contributed by atoms with Crippen molar-refractivity contribution < 1.29 is 9.53 Å². The van der Waals surface area contributed by atoms with Crippen molar-refractivity contribution in [3.8, 4) is 0 Å². The molecule has 0 radical (unpaired) electrons. The minimum absolute atomic E-state index is 0.0471. The van der Waals surface area contributed by atoms with Gasteiger partial charge in [-0.1, -0.05) is 26.8 Å². The molecular formula is C14H23NO2S. The monoisotopic (exact) mass is 269 g/mol. The van der Waals surface area contributed by atoms with E-state index < -0.39 is 0 Å². The Morgan fingerprint density at radius 1 is 1.56 bits per heavy atom. The normalized spacial score (nSPS) is 13.3. The molecule has 3 nitrogen and oxygen atoms in total. The summed E-state index contributed by atoms with van der Waals surface area (Å²) in [5.41, 5.74) is 0.0998. The van der Waals surface area contributed by atoms with Crippen molar-refractivity contribution in [1.29, 1.82) is 0 Å². The van der Waals surface area contributed by atoms with Crippen LogP contribution in [-0.4, -0.2) is 26.2 Å². The Morgan fingerprint density at radius 3 is 2.78 bits per heavy atom. The highest BCUT2D eigenvalue weighted by Gasteiger charge is 2.23. The fourth-order valence-electron chi connectivity index (χ4n) is 1.87. The second-order valence-corrected chi connectivity index (χ2v) is 6.07. The largest absolute Gasteiger partial charge is 0.469 e. The van der Waals surface area contributed by atoms with Gasteiger partial charge in [-0.25, -0.2) is 0 Å². The zero-order chi connectivity index (χ0) is 13.6. The van der Waals surface area contributed by atoms with E-state index in [9.17, 15) is 4.79 Å². The van der Waals surface area contributed by atoms with E-state index in [1.807, 2.05) is 6.92 Å². The summed E-state index contributed by atoms with van der Waals surface area (Å²) >= 11 is 1.77. The maximum atomic E-state index is 11.5. The summed E-state index contributed by atoms with van der Waals surface area (Å²) in [6, 6.07) is 4.23. The van der Waals surface area contributed by atoms with Crippen LogP contribution in [-0.2, 0) is 14.9 Å². The fraction of sp³-hybridized carbons (Fsp3) is 0.643. The van der Waals surface area contributed by atoms with Crippen molar-refractivity contribution in [3.05, 3.63) is 22.4 Å². The number of hydrogen-bond donors (Lipinski definition) is 1. The van der Waals surface area contributed by atoms with E-state index in [1.165, 1.54) is 12.0 Å². The van der Waals surface area contributed by atoms with Crippen LogP contribution in [0.25, 0.3) is 0 Å². The average Bonchev–Trinajstić information content (AvgIpc) is 2.88. The van der Waals surface area contributed by atoms with E-state index in [0.29, 0.717) is 6.54 Å². The lowest BCUT2D eigenvalue weighted by Gasteiger charge is -2.25. The molecule has 102 valence electrons. The van der Waals surface area contributed by atoms with Crippen LogP contribution >= 0.6 is 11.3 Å². The van der Waals surface area contributed by atoms with Gasteiger partial charge in [0.15, 0.2) is 0 Å². The molecule has 1 N–H and O–H groups in total. The number of carbonyl (C=O) groups excluding carboxylic acids is 1. The second-order valence-electron chi connectivity index (χ2n) is 5.12. The minimum atomic E-state index is -0.126. The summed E-state index contributed by atoms with van der Waals surface area (Å²) < 4.78 is 4.78. The number of ether oxygens (including phenoxy) is 1. The molecular weight excluding hydrogens is 246 g/mol. The van der Waals surface area contributed by atoms with E-state index in [0.717, 1.165) is 13.0 Å². The minimum Gasteiger partial charge on any atom is -0.469 e. The lowest BCUT2D eigenvalue weighted by Crippen LogP contribution is -2.37. The summed E-state index contributed by atoms with van der Waals surface area (Å²) in [6.07, 6.45) is 0.805. The summed E-state index contributed by atoms with van der Waals surface area (Å²) in [4.78, 5) is 12.8. The molecule has 1 atom stereocenters. The van der Waals surface area contributed by atoms with E-state index >= 15 is 0 Å². The summed E-state index contributed by atoms with van der Waals surface area (Å²) in [5, 5.41) is 5.48. The molecule has 0 aliphatic carbocycles. The summed E-state index contributed by atoms with van der Waals surface area (Å²) in [7, 11) is 1.45. The quantitative estimate of drug-likeness (QED) is 0.774. The SMILES string of the molecule is CCC(CNCC(C)(C)c1cccs1)C(=O)OC. The number of nitrogens with one attached hydrogen (secondary N) is 1. The zero-order valence-corrected chi connectivity index (χ0v) is 12.5. The highest BCUT2D eigenvalue weighted by atomic mass is 32.1. The third-order valence-corrected chi connectivity index (χ3v) is 4.41. The number of carbonyl (C=O) groups is 1. The lowest BCUT2D eigenvalue weighted by atomic mass is 9.91. The number of thiophene rings is 1. The standard InChI is InChI=1S/C14H23NO2S/c1-5-11(13(16)17-4)9-15-10-14(2,3)12-7-6-8-18-12/h6-8,11,15H,5,9-10H2,1-4H3. The molecule has 1 rings (SSSR count). The van der Waals surface area contributed by atoms with Gasteiger partial charge >= 0.3 is 5.97 Å². The Bertz CT molecular complexity index is 360. The maximum absolute atomic E-state index is 11.5. The van der Waals surface area contributed by atoms with Crippen LogP contribution in [0.4, 0.5) is 0 Å². The highest BCUT2D eigenvalue weighted by molar-refractivity contribution is 7.10. The van der Waals surface area contributed by atoms with Crippen LogP contribution in [0.2, 0.25) is 0 Å². The van der Waals surface area contributed by atoms with Crippen molar-refractivity contribution in [2.75, 3.05) is 20.2 Å². The molecule has 4 heteroatoms. The molecule has 0 amide bonds. The van der Waals surface area contributed by atoms with Gasteiger partial charge in [0.25, 0.3) is 0 Å². The highest BCUT2D eigenvalue weighted by Crippen LogP contribution is 2.26. The van der Waals surface area contributed by atoms with Crippen molar-refractivity contribution in [3.63, 3.8) is 0 Å². The second kappa shape index (κ2) is 6.90. The van der Waals surface area contributed by atoms with Gasteiger partial charge in [0, 0.05) is 23.4 Å². The molecule has 0 saturated carbocycles. The van der Waals surface area contributed by atoms with Crippen LogP contribution in [0.15, 0.2) is 17.5 Å². The number of methoxy groups -OCH3 is 1. The van der Waals surface area contributed by atoms with Crippen LogP contribution in [0.1, 0.15) is 32.1 Å². The van der Waals surface area contributed by atoms with E-state index in [4.69, 9.17) is 4.74 Å². The molecule has 0 fully saturated rings. The third kappa shape index (κ3) is 4.10. The van der Waals surface area contributed by atoms with Crippen LogP contribution in [0.3, 0.4) is 0 Å². The van der Waals surface area contributed by atoms with Gasteiger partial charge in [-0.3, -0.25) is 4.79 Å². The van der Waals surface area contributed by atoms with Gasteiger partial charge in [-0.15, -0.1) is 11.3 Å². The van der Waals surface area contributed by atoms with Crippen LogP contribution < -0.4 is 5.32 Å². The Hall–Kier alpha value is -0.870. The molecule has 1 aromatic heterocycles. The summed E-state index contributed by atoms with van der Waals surface area (Å²) in [5.74, 6) is -0.173. The Balaban J connectivity index is 2.43. The number of rotatable bonds is 7. The molecule has 0 bridgehead atoms. The van der Waals surface area contributed by atoms with Crippen LogP contribution in [0.5, 0.6) is 0 Å². The first kappa shape index (κ1) is 15.2. The van der Waals surface area contributed by atoms with Gasteiger partial charge < -0.3 is 10.1 Å². The molecule has 0 aromatic carbocycles. The predicted octanol–water partition coefficient (Wildman–Crippen LogP) is 2.81. The smallest absolute Gasteiger partial charge is 0.309 e. The number of hydrogen-bond acceptors (Lipinski definition) is 4. The molecule has 0 saturated heterocycles. The maximum Gasteiger partial charge on any atom is 0.309 e.